The van der Waals surface area contributed by atoms with Gasteiger partial charge in [0.1, 0.15) is 0 Å². The summed E-state index contributed by atoms with van der Waals surface area (Å²) in [6.45, 7) is 4.43. The van der Waals surface area contributed by atoms with Crippen molar-refractivity contribution < 1.29 is 14.8 Å². The number of carboxylic acids is 1. The van der Waals surface area contributed by atoms with Gasteiger partial charge in [0.25, 0.3) is 0 Å². The van der Waals surface area contributed by atoms with Gasteiger partial charge >= 0.3 is 11.7 Å². The van der Waals surface area contributed by atoms with Gasteiger partial charge in [-0.15, -0.1) is 0 Å². The fourth-order valence-electron chi connectivity index (χ4n) is 2.56. The lowest BCUT2D eigenvalue weighted by Gasteiger charge is -2.34. The largest absolute Gasteiger partial charge is 0.478 e. The molecule has 1 fully saturated rings. The average molecular weight is 293 g/mol. The summed E-state index contributed by atoms with van der Waals surface area (Å²) in [5.41, 5.74) is -0.165. The lowest BCUT2D eigenvalue weighted by molar-refractivity contribution is -0.384. The highest BCUT2D eigenvalue weighted by atomic mass is 16.6. The molecule has 21 heavy (non-hydrogen) atoms. The Kier molecular flexibility index (Phi) is 4.11. The molecule has 1 heterocycles. The number of nitrogens with zero attached hydrogens (tertiary/aromatic N) is 2. The third kappa shape index (κ3) is 3.68. The molecule has 114 valence electrons. The van der Waals surface area contributed by atoms with E-state index in [0.717, 1.165) is 37.9 Å². The maximum atomic E-state index is 11.1. The molecule has 0 spiro atoms. The molecule has 2 rings (SSSR count). The van der Waals surface area contributed by atoms with Gasteiger partial charge in [-0.3, -0.25) is 10.1 Å². The summed E-state index contributed by atoms with van der Waals surface area (Å²) in [6.07, 6.45) is 5.08. The number of hydrogen-bond acceptors (Lipinski definition) is 5. The molecular formula is C14H19N3O4. The second-order valence-electron chi connectivity index (χ2n) is 6.24. The molecule has 2 N–H and O–H groups in total. The molecule has 1 saturated carbocycles. The molecular weight excluding hydrogens is 274 g/mol. The van der Waals surface area contributed by atoms with Crippen LogP contribution in [-0.2, 0) is 0 Å². The summed E-state index contributed by atoms with van der Waals surface area (Å²) >= 11 is 0. The molecule has 1 aromatic rings. The fraction of sp³-hybridized carbons (Fsp3) is 0.571. The van der Waals surface area contributed by atoms with Crippen molar-refractivity contribution in [2.24, 2.45) is 5.41 Å². The Morgan fingerprint density at radius 3 is 2.62 bits per heavy atom. The van der Waals surface area contributed by atoms with Gasteiger partial charge in [0.2, 0.25) is 5.82 Å². The molecule has 1 aromatic heterocycles. The maximum Gasteiger partial charge on any atom is 0.337 e. The van der Waals surface area contributed by atoms with Crippen molar-refractivity contribution in [1.29, 1.82) is 0 Å². The standard InChI is InChI=1S/C14H19N3O4/c1-14(2)5-3-10(4-6-14)16-12-11(17(20)21)7-9(8-15-12)13(18)19/h7-8,10H,3-6H2,1-2H3,(H,15,16)(H,18,19). The second-order valence-corrected chi connectivity index (χ2v) is 6.24. The molecule has 1 aliphatic carbocycles. The first kappa shape index (κ1) is 15.2. The van der Waals surface area contributed by atoms with Gasteiger partial charge in [-0.05, 0) is 31.1 Å². The van der Waals surface area contributed by atoms with Crippen LogP contribution in [0.4, 0.5) is 11.5 Å². The van der Waals surface area contributed by atoms with Gasteiger partial charge < -0.3 is 10.4 Å². The van der Waals surface area contributed by atoms with Crippen molar-refractivity contribution in [3.8, 4) is 0 Å². The minimum Gasteiger partial charge on any atom is -0.478 e. The summed E-state index contributed by atoms with van der Waals surface area (Å²) in [5, 5.41) is 23.0. The van der Waals surface area contributed by atoms with Crippen LogP contribution >= 0.6 is 0 Å². The monoisotopic (exact) mass is 293 g/mol. The Morgan fingerprint density at radius 2 is 2.10 bits per heavy atom. The number of aromatic nitrogens is 1. The Morgan fingerprint density at radius 1 is 1.48 bits per heavy atom. The maximum absolute atomic E-state index is 11.1. The van der Waals surface area contributed by atoms with E-state index < -0.39 is 10.9 Å². The van der Waals surface area contributed by atoms with E-state index in [-0.39, 0.29) is 23.1 Å². The predicted octanol–water partition coefficient (Wildman–Crippen LogP) is 3.07. The molecule has 0 aliphatic heterocycles. The van der Waals surface area contributed by atoms with Crippen molar-refractivity contribution in [2.75, 3.05) is 5.32 Å². The van der Waals surface area contributed by atoms with Crippen LogP contribution in [0, 0.1) is 15.5 Å². The molecule has 0 bridgehead atoms. The van der Waals surface area contributed by atoms with Crippen LogP contribution in [0.3, 0.4) is 0 Å². The summed E-state index contributed by atoms with van der Waals surface area (Å²) in [6, 6.07) is 1.18. The summed E-state index contributed by atoms with van der Waals surface area (Å²) in [7, 11) is 0. The van der Waals surface area contributed by atoms with E-state index in [2.05, 4.69) is 24.1 Å². The number of carboxylic acid groups (broad SMARTS) is 1. The van der Waals surface area contributed by atoms with E-state index in [1.807, 2.05) is 0 Å². The van der Waals surface area contributed by atoms with Crippen molar-refractivity contribution >= 4 is 17.5 Å². The van der Waals surface area contributed by atoms with Gasteiger partial charge in [0, 0.05) is 18.3 Å². The number of aromatic carboxylic acids is 1. The van der Waals surface area contributed by atoms with Crippen molar-refractivity contribution in [1.82, 2.24) is 4.98 Å². The lowest BCUT2D eigenvalue weighted by Crippen LogP contribution is -2.30. The van der Waals surface area contributed by atoms with Gasteiger partial charge in [0.15, 0.2) is 0 Å². The topological polar surface area (TPSA) is 105 Å². The van der Waals surface area contributed by atoms with Crippen molar-refractivity contribution in [2.45, 2.75) is 45.6 Å². The zero-order valence-corrected chi connectivity index (χ0v) is 12.1. The molecule has 7 heteroatoms. The third-order valence-corrected chi connectivity index (χ3v) is 3.99. The zero-order valence-electron chi connectivity index (χ0n) is 12.1. The SMILES string of the molecule is CC1(C)CCC(Nc2ncc(C(=O)O)cc2[N+](=O)[O-])CC1. The minimum atomic E-state index is -1.23. The highest BCUT2D eigenvalue weighted by Crippen LogP contribution is 2.36. The molecule has 7 nitrogen and oxygen atoms in total. The van der Waals surface area contributed by atoms with E-state index >= 15 is 0 Å². The number of nitro groups is 1. The molecule has 0 radical (unpaired) electrons. The first-order valence-electron chi connectivity index (χ1n) is 6.93. The number of nitrogens with one attached hydrogen (secondary N) is 1. The zero-order chi connectivity index (χ0) is 15.6. The van der Waals surface area contributed by atoms with Crippen LogP contribution < -0.4 is 5.32 Å². The first-order chi connectivity index (χ1) is 9.78. The number of rotatable bonds is 4. The predicted molar refractivity (Wildman–Crippen MR) is 77.5 cm³/mol. The van der Waals surface area contributed by atoms with Crippen LogP contribution in [0.2, 0.25) is 0 Å². The quantitative estimate of drug-likeness (QED) is 0.652. The molecule has 0 atom stereocenters. The van der Waals surface area contributed by atoms with E-state index in [4.69, 9.17) is 5.11 Å². The Hall–Kier alpha value is -2.18. The molecule has 0 unspecified atom stereocenters. The van der Waals surface area contributed by atoms with Gasteiger partial charge in [0.05, 0.1) is 10.5 Å². The molecule has 0 amide bonds. The highest BCUT2D eigenvalue weighted by molar-refractivity contribution is 5.88. The van der Waals surface area contributed by atoms with E-state index in [9.17, 15) is 14.9 Å². The lowest BCUT2D eigenvalue weighted by atomic mass is 9.75. The molecule has 0 aromatic carbocycles. The van der Waals surface area contributed by atoms with E-state index in [0.29, 0.717) is 5.41 Å². The van der Waals surface area contributed by atoms with Crippen LogP contribution in [0.5, 0.6) is 0 Å². The number of anilines is 1. The molecule has 0 saturated heterocycles. The van der Waals surface area contributed by atoms with E-state index in [1.54, 1.807) is 0 Å². The average Bonchev–Trinajstić information content (AvgIpc) is 2.41. The smallest absolute Gasteiger partial charge is 0.337 e. The summed E-state index contributed by atoms with van der Waals surface area (Å²) in [4.78, 5) is 25.3. The Labute approximate surface area is 122 Å². The number of carbonyl (C=O) groups is 1. The van der Waals surface area contributed by atoms with Gasteiger partial charge in [-0.1, -0.05) is 13.8 Å². The molecule has 1 aliphatic rings. The summed E-state index contributed by atoms with van der Waals surface area (Å²) in [5.74, 6) is -1.08. The van der Waals surface area contributed by atoms with Crippen molar-refractivity contribution in [3.63, 3.8) is 0 Å². The number of pyridine rings is 1. The third-order valence-electron chi connectivity index (χ3n) is 3.99. The Balaban J connectivity index is 2.16. The normalized spacial score (nSPS) is 18.2. The number of hydrogen-bond donors (Lipinski definition) is 2. The van der Waals surface area contributed by atoms with Gasteiger partial charge in [-0.25, -0.2) is 9.78 Å². The minimum absolute atomic E-state index is 0.139. The highest BCUT2D eigenvalue weighted by Gasteiger charge is 2.28. The first-order valence-corrected chi connectivity index (χ1v) is 6.93. The summed E-state index contributed by atoms with van der Waals surface area (Å²) < 4.78 is 0. The van der Waals surface area contributed by atoms with Crippen LogP contribution in [0.25, 0.3) is 0 Å². The van der Waals surface area contributed by atoms with Crippen LogP contribution in [0.15, 0.2) is 12.3 Å². The fourth-order valence-corrected chi connectivity index (χ4v) is 2.56. The Bertz CT molecular complexity index is 561. The second kappa shape index (κ2) is 5.67. The van der Waals surface area contributed by atoms with Crippen molar-refractivity contribution in [3.05, 3.63) is 27.9 Å². The van der Waals surface area contributed by atoms with Gasteiger partial charge in [-0.2, -0.15) is 0 Å². The van der Waals surface area contributed by atoms with Crippen LogP contribution in [0.1, 0.15) is 49.9 Å². The van der Waals surface area contributed by atoms with E-state index in [1.165, 1.54) is 0 Å². The van der Waals surface area contributed by atoms with Crippen LogP contribution in [-0.4, -0.2) is 27.0 Å².